The Bertz CT molecular complexity index is 1100. The van der Waals surface area contributed by atoms with Crippen LogP contribution in [0, 0.1) is 38.5 Å². The second-order valence-electron chi connectivity index (χ2n) is 10.5. The van der Waals surface area contributed by atoms with Gasteiger partial charge in [-0.05, 0) is 80.7 Å². The number of rotatable bonds is 8. The Balaban J connectivity index is 0.000000302. The van der Waals surface area contributed by atoms with Crippen molar-refractivity contribution in [2.24, 2.45) is 23.5 Å². The summed E-state index contributed by atoms with van der Waals surface area (Å²) in [5.74, 6) is 2.12. The van der Waals surface area contributed by atoms with Gasteiger partial charge in [0.05, 0.1) is 17.4 Å². The Labute approximate surface area is 220 Å². The SMILES string of the molecule is C/C=C\CC(/C=C/C(C)C)C(C)C.Cc1cc(C)c(-c2cccc(C(N)c3ccccc3)n2)c(C)c1. The number of hydrogen-bond acceptors (Lipinski definition) is 2. The number of aromatic nitrogens is 1. The zero-order valence-electron chi connectivity index (χ0n) is 23.6. The van der Waals surface area contributed by atoms with Crippen molar-refractivity contribution in [2.75, 3.05) is 0 Å². The van der Waals surface area contributed by atoms with Crippen molar-refractivity contribution in [3.05, 3.63) is 113 Å². The predicted octanol–water partition coefficient (Wildman–Crippen LogP) is 9.16. The van der Waals surface area contributed by atoms with Gasteiger partial charge in [0, 0.05) is 5.56 Å². The van der Waals surface area contributed by atoms with Gasteiger partial charge < -0.3 is 5.73 Å². The van der Waals surface area contributed by atoms with Crippen LogP contribution in [0.2, 0.25) is 0 Å². The summed E-state index contributed by atoms with van der Waals surface area (Å²) in [5, 5.41) is 0. The van der Waals surface area contributed by atoms with Crippen LogP contribution in [0.5, 0.6) is 0 Å². The van der Waals surface area contributed by atoms with E-state index in [0.717, 1.165) is 22.9 Å². The van der Waals surface area contributed by atoms with Crippen LogP contribution < -0.4 is 5.73 Å². The van der Waals surface area contributed by atoms with Crippen molar-refractivity contribution in [3.63, 3.8) is 0 Å². The number of pyridine rings is 1. The van der Waals surface area contributed by atoms with Crippen LogP contribution in [0.25, 0.3) is 11.3 Å². The minimum atomic E-state index is -0.206. The summed E-state index contributed by atoms with van der Waals surface area (Å²) in [5.41, 5.74) is 14.4. The van der Waals surface area contributed by atoms with Crippen LogP contribution >= 0.6 is 0 Å². The van der Waals surface area contributed by atoms with Crippen LogP contribution in [0.1, 0.15) is 75.0 Å². The molecule has 1 aromatic heterocycles. The van der Waals surface area contributed by atoms with E-state index < -0.39 is 0 Å². The van der Waals surface area contributed by atoms with Gasteiger partial charge in [0.2, 0.25) is 0 Å². The maximum atomic E-state index is 6.40. The number of hydrogen-bond donors (Lipinski definition) is 1. The quantitative estimate of drug-likeness (QED) is 0.325. The van der Waals surface area contributed by atoms with Gasteiger partial charge in [-0.1, -0.05) is 106 Å². The highest BCUT2D eigenvalue weighted by Crippen LogP contribution is 2.28. The first-order valence-electron chi connectivity index (χ1n) is 13.3. The average Bonchev–Trinajstić information content (AvgIpc) is 2.84. The van der Waals surface area contributed by atoms with Gasteiger partial charge in [-0.25, -0.2) is 0 Å². The lowest BCUT2D eigenvalue weighted by molar-refractivity contribution is 0.468. The topological polar surface area (TPSA) is 38.9 Å². The molecule has 2 unspecified atom stereocenters. The van der Waals surface area contributed by atoms with Crippen molar-refractivity contribution < 1.29 is 0 Å². The summed E-state index contributed by atoms with van der Waals surface area (Å²) < 4.78 is 0. The second kappa shape index (κ2) is 14.6. The van der Waals surface area contributed by atoms with Gasteiger partial charge in [0.1, 0.15) is 0 Å². The summed E-state index contributed by atoms with van der Waals surface area (Å²) >= 11 is 0. The van der Waals surface area contributed by atoms with Crippen LogP contribution in [-0.2, 0) is 0 Å². The number of aryl methyl sites for hydroxylation is 3. The molecule has 0 saturated carbocycles. The third kappa shape index (κ3) is 8.91. The van der Waals surface area contributed by atoms with E-state index >= 15 is 0 Å². The lowest BCUT2D eigenvalue weighted by atomic mass is 9.91. The highest BCUT2D eigenvalue weighted by Gasteiger charge is 2.13. The molecule has 36 heavy (non-hydrogen) atoms. The maximum absolute atomic E-state index is 6.40. The molecule has 2 atom stereocenters. The molecule has 2 aromatic carbocycles. The first-order chi connectivity index (χ1) is 17.1. The molecule has 192 valence electrons. The maximum Gasteiger partial charge on any atom is 0.0726 e. The standard InChI is InChI=1S/C21H22N2.C13H24/c1-14-12-15(2)20(16(3)13-14)18-10-7-11-19(23-18)21(22)17-8-5-4-6-9-17;1-6-7-8-13(12(4)5)10-9-11(2)3/h4-13,21H,22H2,1-3H3;6-7,9-13H,8H2,1-5H3/b;7-6-,10-9+. The highest BCUT2D eigenvalue weighted by molar-refractivity contribution is 5.68. The van der Waals surface area contributed by atoms with Crippen molar-refractivity contribution >= 4 is 0 Å². The van der Waals surface area contributed by atoms with Gasteiger partial charge in [-0.3, -0.25) is 4.98 Å². The van der Waals surface area contributed by atoms with E-state index in [1.807, 2.05) is 42.5 Å². The summed E-state index contributed by atoms with van der Waals surface area (Å²) in [6.07, 6.45) is 10.3. The van der Waals surface area contributed by atoms with E-state index in [-0.39, 0.29) is 6.04 Å². The van der Waals surface area contributed by atoms with Crippen molar-refractivity contribution in [1.82, 2.24) is 4.98 Å². The highest BCUT2D eigenvalue weighted by atomic mass is 14.8. The number of allylic oxidation sites excluding steroid dienone is 4. The van der Waals surface area contributed by atoms with E-state index in [1.54, 1.807) is 0 Å². The van der Waals surface area contributed by atoms with E-state index in [9.17, 15) is 0 Å². The Hall–Kier alpha value is -2.97. The van der Waals surface area contributed by atoms with Crippen molar-refractivity contribution in [2.45, 2.75) is 67.9 Å². The Kier molecular flexibility index (Phi) is 11.8. The molecule has 3 rings (SSSR count). The first kappa shape index (κ1) is 29.3. The molecule has 0 aliphatic rings. The molecule has 0 radical (unpaired) electrons. The summed E-state index contributed by atoms with van der Waals surface area (Å²) in [7, 11) is 0. The zero-order valence-corrected chi connectivity index (χ0v) is 23.6. The first-order valence-corrected chi connectivity index (χ1v) is 13.3. The van der Waals surface area contributed by atoms with Gasteiger partial charge in [-0.2, -0.15) is 0 Å². The lowest BCUT2D eigenvalue weighted by Crippen LogP contribution is -2.13. The molecule has 2 nitrogen and oxygen atoms in total. The van der Waals surface area contributed by atoms with Gasteiger partial charge in [0.15, 0.2) is 0 Å². The van der Waals surface area contributed by atoms with E-state index in [0.29, 0.717) is 11.8 Å². The van der Waals surface area contributed by atoms with Crippen LogP contribution in [-0.4, -0.2) is 4.98 Å². The minimum absolute atomic E-state index is 0.206. The molecule has 0 spiro atoms. The Morgan fingerprint density at radius 3 is 2.03 bits per heavy atom. The largest absolute Gasteiger partial charge is 0.319 e. The number of nitrogens with two attached hydrogens (primary N) is 1. The molecule has 2 N–H and O–H groups in total. The van der Waals surface area contributed by atoms with Gasteiger partial charge >= 0.3 is 0 Å². The van der Waals surface area contributed by atoms with Crippen LogP contribution in [0.15, 0.2) is 85.0 Å². The fourth-order valence-corrected chi connectivity index (χ4v) is 4.41. The van der Waals surface area contributed by atoms with Crippen LogP contribution in [0.3, 0.4) is 0 Å². The normalized spacial score (nSPS) is 13.3. The van der Waals surface area contributed by atoms with E-state index in [1.165, 1.54) is 28.7 Å². The third-order valence-corrected chi connectivity index (χ3v) is 6.42. The van der Waals surface area contributed by atoms with Crippen LogP contribution in [0.4, 0.5) is 0 Å². The summed E-state index contributed by atoms with van der Waals surface area (Å²) in [4.78, 5) is 4.85. The molecular weight excluding hydrogens is 436 g/mol. The molecule has 0 bridgehead atoms. The Morgan fingerprint density at radius 2 is 1.47 bits per heavy atom. The van der Waals surface area contributed by atoms with Gasteiger partial charge in [-0.15, -0.1) is 0 Å². The fraction of sp³-hybridized carbons (Fsp3) is 0.382. The molecule has 3 aromatic rings. The molecule has 2 heteroatoms. The van der Waals surface area contributed by atoms with Crippen molar-refractivity contribution in [1.29, 1.82) is 0 Å². The predicted molar refractivity (Wildman–Crippen MR) is 158 cm³/mol. The average molecular weight is 483 g/mol. The second-order valence-corrected chi connectivity index (χ2v) is 10.5. The monoisotopic (exact) mass is 482 g/mol. The third-order valence-electron chi connectivity index (χ3n) is 6.42. The molecule has 0 amide bonds. The number of nitrogens with zero attached hydrogens (tertiary/aromatic N) is 1. The summed E-state index contributed by atoms with van der Waals surface area (Å²) in [6, 6.07) is 20.4. The van der Waals surface area contributed by atoms with Crippen molar-refractivity contribution in [3.8, 4) is 11.3 Å². The summed E-state index contributed by atoms with van der Waals surface area (Å²) in [6.45, 7) is 17.5. The fourth-order valence-electron chi connectivity index (χ4n) is 4.41. The molecular formula is C34H46N2. The zero-order chi connectivity index (χ0) is 26.7. The molecule has 1 heterocycles. The van der Waals surface area contributed by atoms with E-state index in [2.05, 4.69) is 97.9 Å². The molecule has 0 aliphatic carbocycles. The number of benzene rings is 2. The minimum Gasteiger partial charge on any atom is -0.319 e. The Morgan fingerprint density at radius 1 is 0.833 bits per heavy atom. The molecule has 0 fully saturated rings. The molecule has 0 aliphatic heterocycles. The smallest absolute Gasteiger partial charge is 0.0726 e. The van der Waals surface area contributed by atoms with Gasteiger partial charge in [0.25, 0.3) is 0 Å². The van der Waals surface area contributed by atoms with E-state index in [4.69, 9.17) is 10.7 Å². The lowest BCUT2D eigenvalue weighted by Gasteiger charge is -2.15. The molecule has 0 saturated heterocycles.